The minimum Gasteiger partial charge on any atom is -0.393 e. The van der Waals surface area contributed by atoms with E-state index in [0.29, 0.717) is 30.8 Å². The van der Waals surface area contributed by atoms with E-state index in [9.17, 15) is 15.0 Å². The van der Waals surface area contributed by atoms with Gasteiger partial charge in [-0.1, -0.05) is 18.2 Å². The number of hydrogen-bond acceptors (Lipinski definition) is 5. The van der Waals surface area contributed by atoms with Crippen LogP contribution in [0.15, 0.2) is 30.3 Å². The number of benzene rings is 1. The molecule has 0 saturated carbocycles. The lowest BCUT2D eigenvalue weighted by Gasteiger charge is -2.38. The van der Waals surface area contributed by atoms with Crippen LogP contribution in [0.5, 0.6) is 0 Å². The monoisotopic (exact) mass is 329 g/mol. The van der Waals surface area contributed by atoms with Gasteiger partial charge in [-0.05, 0) is 25.0 Å². The number of aliphatic hydroxyl groups is 2. The zero-order chi connectivity index (χ0) is 17.3. The molecule has 1 atom stereocenters. The number of para-hydroxylation sites is 1. The SMILES string of the molecule is CN(C)c1cc(C(=O)N2CCC[C@](O)(CO)C2)c2ccccc2n1. The molecule has 3 rings (SSSR count). The van der Waals surface area contributed by atoms with Gasteiger partial charge in [0, 0.05) is 26.0 Å². The number of amides is 1. The Morgan fingerprint density at radius 1 is 1.38 bits per heavy atom. The molecule has 1 aliphatic heterocycles. The molecule has 2 N–H and O–H groups in total. The highest BCUT2D eigenvalue weighted by molar-refractivity contribution is 6.07. The highest BCUT2D eigenvalue weighted by atomic mass is 16.3. The number of piperidine rings is 1. The number of nitrogens with zero attached hydrogens (tertiary/aromatic N) is 3. The van der Waals surface area contributed by atoms with Crippen molar-refractivity contribution >= 4 is 22.6 Å². The van der Waals surface area contributed by atoms with Crippen molar-refractivity contribution in [2.75, 3.05) is 38.7 Å². The highest BCUT2D eigenvalue weighted by Crippen LogP contribution is 2.27. The van der Waals surface area contributed by atoms with Crippen LogP contribution in [-0.2, 0) is 0 Å². The van der Waals surface area contributed by atoms with Crippen LogP contribution < -0.4 is 4.90 Å². The van der Waals surface area contributed by atoms with Gasteiger partial charge >= 0.3 is 0 Å². The van der Waals surface area contributed by atoms with E-state index < -0.39 is 5.60 Å². The number of carbonyl (C=O) groups is 1. The number of likely N-dealkylation sites (tertiary alicyclic amines) is 1. The van der Waals surface area contributed by atoms with Gasteiger partial charge < -0.3 is 20.0 Å². The molecule has 2 heterocycles. The first-order chi connectivity index (χ1) is 11.4. The Balaban J connectivity index is 2.03. The van der Waals surface area contributed by atoms with Crippen LogP contribution in [0.25, 0.3) is 10.9 Å². The van der Waals surface area contributed by atoms with Crippen molar-refractivity contribution in [1.82, 2.24) is 9.88 Å². The lowest BCUT2D eigenvalue weighted by atomic mass is 9.93. The molecular weight excluding hydrogens is 306 g/mol. The predicted octanol–water partition coefficient (Wildman–Crippen LogP) is 1.26. The summed E-state index contributed by atoms with van der Waals surface area (Å²) < 4.78 is 0. The molecule has 1 aliphatic rings. The fourth-order valence-corrected chi connectivity index (χ4v) is 3.15. The molecule has 0 aliphatic carbocycles. The summed E-state index contributed by atoms with van der Waals surface area (Å²) in [7, 11) is 3.77. The molecule has 6 heteroatoms. The summed E-state index contributed by atoms with van der Waals surface area (Å²) in [5.41, 5.74) is 0.133. The molecular formula is C18H23N3O3. The lowest BCUT2D eigenvalue weighted by Crippen LogP contribution is -2.52. The Labute approximate surface area is 141 Å². The molecule has 0 radical (unpaired) electrons. The molecule has 1 amide bonds. The van der Waals surface area contributed by atoms with E-state index in [0.717, 1.165) is 10.9 Å². The summed E-state index contributed by atoms with van der Waals surface area (Å²) in [4.78, 5) is 21.1. The maximum atomic E-state index is 13.1. The average molecular weight is 329 g/mol. The number of anilines is 1. The summed E-state index contributed by atoms with van der Waals surface area (Å²) in [6.45, 7) is 0.391. The van der Waals surface area contributed by atoms with Gasteiger partial charge in [0.1, 0.15) is 11.4 Å². The number of aliphatic hydroxyl groups excluding tert-OH is 1. The van der Waals surface area contributed by atoms with Gasteiger partial charge in [0.25, 0.3) is 5.91 Å². The van der Waals surface area contributed by atoms with Crippen LogP contribution in [0.4, 0.5) is 5.82 Å². The first-order valence-electron chi connectivity index (χ1n) is 8.13. The third-order valence-corrected chi connectivity index (χ3v) is 4.53. The smallest absolute Gasteiger partial charge is 0.254 e. The topological polar surface area (TPSA) is 76.9 Å². The van der Waals surface area contributed by atoms with Crippen molar-refractivity contribution in [1.29, 1.82) is 0 Å². The Morgan fingerprint density at radius 2 is 2.12 bits per heavy atom. The molecule has 0 unspecified atom stereocenters. The number of aromatic nitrogens is 1. The summed E-state index contributed by atoms with van der Waals surface area (Å²) in [5, 5.41) is 20.5. The lowest BCUT2D eigenvalue weighted by molar-refractivity contribution is -0.0598. The van der Waals surface area contributed by atoms with Crippen LogP contribution in [0.2, 0.25) is 0 Å². The van der Waals surface area contributed by atoms with Gasteiger partial charge in [-0.25, -0.2) is 4.98 Å². The van der Waals surface area contributed by atoms with Crippen LogP contribution in [0.1, 0.15) is 23.2 Å². The zero-order valence-corrected chi connectivity index (χ0v) is 14.1. The van der Waals surface area contributed by atoms with Crippen LogP contribution >= 0.6 is 0 Å². The van der Waals surface area contributed by atoms with Gasteiger partial charge in [0.2, 0.25) is 0 Å². The summed E-state index contributed by atoms with van der Waals surface area (Å²) in [5.74, 6) is 0.578. The normalized spacial score (nSPS) is 21.1. The number of carbonyl (C=O) groups excluding carboxylic acids is 1. The van der Waals surface area contributed by atoms with Crippen LogP contribution in [0.3, 0.4) is 0 Å². The second-order valence-corrected chi connectivity index (χ2v) is 6.65. The van der Waals surface area contributed by atoms with Crippen molar-refractivity contribution in [3.05, 3.63) is 35.9 Å². The molecule has 1 fully saturated rings. The summed E-state index contributed by atoms with van der Waals surface area (Å²) in [6.07, 6.45) is 1.18. The summed E-state index contributed by atoms with van der Waals surface area (Å²) in [6, 6.07) is 9.35. The van der Waals surface area contributed by atoms with E-state index in [1.165, 1.54) is 0 Å². The number of fused-ring (bicyclic) bond motifs is 1. The largest absolute Gasteiger partial charge is 0.393 e. The van der Waals surface area contributed by atoms with Crippen molar-refractivity contribution < 1.29 is 15.0 Å². The number of β-amino-alcohol motifs (C(OH)–C–C–N with tert-alkyl or cyclic N) is 1. The fourth-order valence-electron chi connectivity index (χ4n) is 3.15. The summed E-state index contributed by atoms with van der Waals surface area (Å²) >= 11 is 0. The number of rotatable bonds is 3. The van der Waals surface area contributed by atoms with Gasteiger partial charge in [-0.3, -0.25) is 4.79 Å². The van der Waals surface area contributed by atoms with Crippen molar-refractivity contribution in [3.63, 3.8) is 0 Å². The molecule has 1 aromatic carbocycles. The zero-order valence-electron chi connectivity index (χ0n) is 14.1. The molecule has 24 heavy (non-hydrogen) atoms. The van der Waals surface area contributed by atoms with Gasteiger partial charge in [-0.2, -0.15) is 0 Å². The van der Waals surface area contributed by atoms with Crippen molar-refractivity contribution in [2.45, 2.75) is 18.4 Å². The minimum absolute atomic E-state index is 0.136. The second kappa shape index (κ2) is 6.37. The molecule has 0 spiro atoms. The van der Waals surface area contributed by atoms with Gasteiger partial charge in [-0.15, -0.1) is 0 Å². The maximum Gasteiger partial charge on any atom is 0.254 e. The number of pyridine rings is 1. The maximum absolute atomic E-state index is 13.1. The minimum atomic E-state index is -1.21. The standard InChI is InChI=1S/C18H23N3O3/c1-20(2)16-10-14(13-6-3-4-7-15(13)19-16)17(23)21-9-5-8-18(24,11-21)12-22/h3-4,6-7,10,22,24H,5,8-9,11-12H2,1-2H3/t18-/m1/s1. The third-order valence-electron chi connectivity index (χ3n) is 4.53. The van der Waals surface area contributed by atoms with Gasteiger partial charge in [0.05, 0.1) is 24.2 Å². The quantitative estimate of drug-likeness (QED) is 0.886. The molecule has 0 bridgehead atoms. The number of hydrogen-bond donors (Lipinski definition) is 2. The Bertz CT molecular complexity index is 762. The molecule has 6 nitrogen and oxygen atoms in total. The predicted molar refractivity (Wildman–Crippen MR) is 93.2 cm³/mol. The van der Waals surface area contributed by atoms with E-state index in [4.69, 9.17) is 0 Å². The Morgan fingerprint density at radius 3 is 2.83 bits per heavy atom. The fraction of sp³-hybridized carbons (Fsp3) is 0.444. The van der Waals surface area contributed by atoms with Crippen molar-refractivity contribution in [3.8, 4) is 0 Å². The molecule has 1 saturated heterocycles. The Kier molecular flexibility index (Phi) is 4.43. The van der Waals surface area contributed by atoms with E-state index >= 15 is 0 Å². The van der Waals surface area contributed by atoms with Crippen LogP contribution in [-0.4, -0.2) is 65.4 Å². The second-order valence-electron chi connectivity index (χ2n) is 6.65. The van der Waals surface area contributed by atoms with E-state index in [1.54, 1.807) is 11.0 Å². The van der Waals surface area contributed by atoms with E-state index in [1.807, 2.05) is 43.3 Å². The van der Waals surface area contributed by atoms with Crippen LogP contribution in [0, 0.1) is 0 Å². The Hall–Kier alpha value is -2.18. The highest BCUT2D eigenvalue weighted by Gasteiger charge is 2.35. The first-order valence-corrected chi connectivity index (χ1v) is 8.13. The third kappa shape index (κ3) is 3.07. The van der Waals surface area contributed by atoms with Gasteiger partial charge in [0.15, 0.2) is 0 Å². The van der Waals surface area contributed by atoms with E-state index in [-0.39, 0.29) is 19.1 Å². The molecule has 128 valence electrons. The molecule has 1 aromatic heterocycles. The first kappa shape index (κ1) is 16.7. The van der Waals surface area contributed by atoms with Crippen molar-refractivity contribution in [2.24, 2.45) is 0 Å². The average Bonchev–Trinajstić information content (AvgIpc) is 2.60. The van der Waals surface area contributed by atoms with E-state index in [2.05, 4.69) is 4.98 Å². The molecule has 2 aromatic rings.